The van der Waals surface area contributed by atoms with Crippen molar-refractivity contribution < 1.29 is 23.9 Å². The number of rotatable bonds is 5. The average molecular weight is 458 g/mol. The van der Waals surface area contributed by atoms with Crippen LogP contribution in [-0.4, -0.2) is 67.6 Å². The smallest absolute Gasteiger partial charge is 0.228 e. The van der Waals surface area contributed by atoms with Gasteiger partial charge in [0.05, 0.1) is 18.6 Å². The van der Waals surface area contributed by atoms with Crippen LogP contribution in [0.5, 0.6) is 5.75 Å². The minimum Gasteiger partial charge on any atom is -0.497 e. The van der Waals surface area contributed by atoms with Gasteiger partial charge in [-0.15, -0.1) is 0 Å². The summed E-state index contributed by atoms with van der Waals surface area (Å²) in [6.45, 7) is 6.28. The summed E-state index contributed by atoms with van der Waals surface area (Å²) >= 11 is 0. The number of benzene rings is 1. The van der Waals surface area contributed by atoms with Gasteiger partial charge in [-0.1, -0.05) is 0 Å². The number of carbonyl (C=O) groups is 3. The molecule has 3 saturated heterocycles. The number of piperidine rings is 1. The van der Waals surface area contributed by atoms with Gasteiger partial charge in [0.2, 0.25) is 17.7 Å². The van der Waals surface area contributed by atoms with Crippen molar-refractivity contribution in [3.8, 4) is 5.75 Å². The van der Waals surface area contributed by atoms with E-state index >= 15 is 0 Å². The lowest BCUT2D eigenvalue weighted by atomic mass is 9.91. The van der Waals surface area contributed by atoms with Crippen molar-refractivity contribution >= 4 is 23.4 Å². The van der Waals surface area contributed by atoms with Crippen LogP contribution in [0.3, 0.4) is 0 Å². The zero-order valence-electron chi connectivity index (χ0n) is 19.8. The quantitative estimate of drug-likeness (QED) is 0.733. The molecule has 4 rings (SSSR count). The fourth-order valence-corrected chi connectivity index (χ4v) is 5.18. The lowest BCUT2D eigenvalue weighted by Crippen LogP contribution is -2.50. The van der Waals surface area contributed by atoms with E-state index in [0.717, 1.165) is 24.3 Å². The number of ether oxygens (including phenoxy) is 2. The van der Waals surface area contributed by atoms with Crippen molar-refractivity contribution in [2.75, 3.05) is 38.3 Å². The van der Waals surface area contributed by atoms with Crippen LogP contribution >= 0.6 is 0 Å². The van der Waals surface area contributed by atoms with Crippen molar-refractivity contribution in [1.82, 2.24) is 10.2 Å². The molecule has 180 valence electrons. The van der Waals surface area contributed by atoms with Gasteiger partial charge in [-0.3, -0.25) is 14.4 Å². The Labute approximate surface area is 195 Å². The molecule has 3 fully saturated rings. The summed E-state index contributed by atoms with van der Waals surface area (Å²) in [5.41, 5.74) is 0.576. The van der Waals surface area contributed by atoms with E-state index in [0.29, 0.717) is 39.1 Å². The maximum absolute atomic E-state index is 13.1. The molecule has 2 atom stereocenters. The highest BCUT2D eigenvalue weighted by atomic mass is 16.5. The molecule has 0 radical (unpaired) electrons. The largest absolute Gasteiger partial charge is 0.497 e. The summed E-state index contributed by atoms with van der Waals surface area (Å²) in [6, 6.07) is 7.46. The van der Waals surface area contributed by atoms with Gasteiger partial charge in [0.25, 0.3) is 0 Å². The molecule has 33 heavy (non-hydrogen) atoms. The van der Waals surface area contributed by atoms with Gasteiger partial charge in [0, 0.05) is 50.3 Å². The third kappa shape index (κ3) is 5.49. The van der Waals surface area contributed by atoms with E-state index in [-0.39, 0.29) is 47.6 Å². The Morgan fingerprint density at radius 3 is 2.42 bits per heavy atom. The van der Waals surface area contributed by atoms with Crippen LogP contribution < -0.4 is 15.0 Å². The maximum Gasteiger partial charge on any atom is 0.228 e. The highest BCUT2D eigenvalue weighted by Gasteiger charge is 2.39. The fourth-order valence-electron chi connectivity index (χ4n) is 5.18. The minimum atomic E-state index is -0.338. The minimum absolute atomic E-state index is 0.0180. The average Bonchev–Trinajstić information content (AvgIpc) is 3.19. The van der Waals surface area contributed by atoms with Gasteiger partial charge in [-0.2, -0.15) is 0 Å². The van der Waals surface area contributed by atoms with Crippen LogP contribution in [0.15, 0.2) is 24.3 Å². The van der Waals surface area contributed by atoms with E-state index in [2.05, 4.69) is 19.2 Å². The van der Waals surface area contributed by atoms with Gasteiger partial charge in [0.1, 0.15) is 5.75 Å². The van der Waals surface area contributed by atoms with Crippen LogP contribution in [0.2, 0.25) is 0 Å². The molecule has 0 saturated carbocycles. The van der Waals surface area contributed by atoms with Crippen LogP contribution in [-0.2, 0) is 19.1 Å². The third-order valence-corrected chi connectivity index (χ3v) is 7.08. The van der Waals surface area contributed by atoms with Crippen LogP contribution in [0, 0.1) is 11.8 Å². The van der Waals surface area contributed by atoms with Gasteiger partial charge < -0.3 is 24.6 Å². The molecule has 1 aromatic carbocycles. The van der Waals surface area contributed by atoms with E-state index in [1.54, 1.807) is 12.0 Å². The van der Waals surface area contributed by atoms with E-state index in [4.69, 9.17) is 9.47 Å². The number of carbonyl (C=O) groups excluding carboxylic acids is 3. The number of likely N-dealkylation sites (tertiary alicyclic amines) is 1. The Morgan fingerprint density at radius 1 is 1.09 bits per heavy atom. The number of anilines is 1. The predicted molar refractivity (Wildman–Crippen MR) is 124 cm³/mol. The van der Waals surface area contributed by atoms with Gasteiger partial charge in [0.15, 0.2) is 0 Å². The van der Waals surface area contributed by atoms with Crippen molar-refractivity contribution in [1.29, 1.82) is 0 Å². The molecule has 3 aliphatic heterocycles. The zero-order valence-corrected chi connectivity index (χ0v) is 19.8. The van der Waals surface area contributed by atoms with E-state index in [1.807, 2.05) is 29.2 Å². The van der Waals surface area contributed by atoms with Crippen LogP contribution in [0.25, 0.3) is 0 Å². The molecule has 0 aromatic heterocycles. The summed E-state index contributed by atoms with van der Waals surface area (Å²) in [5.74, 6) is 0.393. The fraction of sp³-hybridized carbons (Fsp3) is 0.640. The lowest BCUT2D eigenvalue weighted by Gasteiger charge is -2.37. The molecule has 0 spiro atoms. The summed E-state index contributed by atoms with van der Waals surface area (Å²) < 4.78 is 10.9. The Balaban J connectivity index is 1.27. The van der Waals surface area contributed by atoms with Crippen LogP contribution in [0.1, 0.15) is 46.0 Å². The molecule has 3 heterocycles. The van der Waals surface area contributed by atoms with Crippen molar-refractivity contribution in [2.45, 2.75) is 57.6 Å². The van der Waals surface area contributed by atoms with Gasteiger partial charge >= 0.3 is 0 Å². The monoisotopic (exact) mass is 457 g/mol. The lowest BCUT2D eigenvalue weighted by molar-refractivity contribution is -0.139. The molecule has 1 aromatic rings. The highest BCUT2D eigenvalue weighted by molar-refractivity contribution is 6.00. The number of hydrogen-bond acceptors (Lipinski definition) is 5. The Hall–Kier alpha value is -2.61. The molecule has 3 amide bonds. The first kappa shape index (κ1) is 23.5. The van der Waals surface area contributed by atoms with Gasteiger partial charge in [-0.25, -0.2) is 0 Å². The summed E-state index contributed by atoms with van der Waals surface area (Å²) in [4.78, 5) is 42.0. The topological polar surface area (TPSA) is 88.2 Å². The van der Waals surface area contributed by atoms with E-state index < -0.39 is 0 Å². The summed E-state index contributed by atoms with van der Waals surface area (Å²) in [7, 11) is 1.60. The Kier molecular flexibility index (Phi) is 6.93. The molecule has 8 nitrogen and oxygen atoms in total. The summed E-state index contributed by atoms with van der Waals surface area (Å²) in [5, 5.41) is 3.20. The maximum atomic E-state index is 13.1. The number of nitrogens with zero attached hydrogens (tertiary/aromatic N) is 2. The molecule has 8 heteroatoms. The van der Waals surface area contributed by atoms with Crippen molar-refractivity contribution in [3.63, 3.8) is 0 Å². The zero-order chi connectivity index (χ0) is 23.6. The molecular weight excluding hydrogens is 422 g/mol. The van der Waals surface area contributed by atoms with E-state index in [9.17, 15) is 14.4 Å². The van der Waals surface area contributed by atoms with Crippen LogP contribution in [0.4, 0.5) is 5.69 Å². The number of amides is 3. The molecule has 0 bridgehead atoms. The molecule has 0 aliphatic carbocycles. The molecule has 1 N–H and O–H groups in total. The Bertz CT molecular complexity index is 877. The normalized spacial score (nSPS) is 25.7. The second-order valence-corrected chi connectivity index (χ2v) is 10.0. The third-order valence-electron chi connectivity index (χ3n) is 7.08. The second kappa shape index (κ2) is 9.71. The Morgan fingerprint density at radius 2 is 1.79 bits per heavy atom. The predicted octanol–water partition coefficient (Wildman–Crippen LogP) is 2.36. The summed E-state index contributed by atoms with van der Waals surface area (Å²) in [6.07, 6.45) is 3.20. The first-order valence-corrected chi connectivity index (χ1v) is 11.9. The second-order valence-electron chi connectivity index (χ2n) is 10.0. The highest BCUT2D eigenvalue weighted by Crippen LogP contribution is 2.30. The first-order chi connectivity index (χ1) is 15.8. The molecule has 0 unspecified atom stereocenters. The first-order valence-electron chi connectivity index (χ1n) is 11.9. The number of hydrogen-bond donors (Lipinski definition) is 1. The van der Waals surface area contributed by atoms with Gasteiger partial charge in [-0.05, 0) is 63.8 Å². The molecule has 3 aliphatic rings. The molecular formula is C25H35N3O5. The van der Waals surface area contributed by atoms with Crippen molar-refractivity contribution in [3.05, 3.63) is 24.3 Å². The number of methoxy groups -OCH3 is 1. The van der Waals surface area contributed by atoms with Crippen molar-refractivity contribution in [2.24, 2.45) is 11.8 Å². The standard InChI is InChI=1S/C25H35N3O5/c1-25(2)15-19(10-13-33-25)26-23(30)17-8-11-27(12-9-17)24(31)18-14-22(29)28(16-18)20-4-6-21(32-3)7-5-20/h4-7,17-19H,8-16H2,1-3H3,(H,26,30)/t18-,19-/m0/s1. The number of nitrogens with one attached hydrogen (secondary N) is 1. The SMILES string of the molecule is COc1ccc(N2C[C@@H](C(=O)N3CCC(C(=O)N[C@H]4CCOC(C)(C)C4)CC3)CC2=O)cc1. The van der Waals surface area contributed by atoms with E-state index in [1.165, 1.54) is 0 Å².